The van der Waals surface area contributed by atoms with Crippen molar-refractivity contribution in [2.75, 3.05) is 35.7 Å². The molecule has 0 aliphatic carbocycles. The Labute approximate surface area is 107 Å². The van der Waals surface area contributed by atoms with Crippen LogP contribution in [0.3, 0.4) is 0 Å². The van der Waals surface area contributed by atoms with Crippen molar-refractivity contribution in [3.8, 4) is 5.75 Å². The Morgan fingerprint density at radius 1 is 1.53 bits per heavy atom. The molecule has 1 unspecified atom stereocenters. The highest BCUT2D eigenvalue weighted by Crippen LogP contribution is 2.27. The molecule has 17 heavy (non-hydrogen) atoms. The van der Waals surface area contributed by atoms with Gasteiger partial charge in [-0.05, 0) is 42.9 Å². The number of nitrogen functional groups attached to an aromatic ring is 1. The normalized spacial score (nSPS) is 19.2. The summed E-state index contributed by atoms with van der Waals surface area (Å²) in [4.78, 5) is 0. The van der Waals surface area contributed by atoms with Crippen molar-refractivity contribution in [2.45, 2.75) is 13.3 Å². The van der Waals surface area contributed by atoms with Crippen molar-refractivity contribution >= 4 is 23.1 Å². The number of benzene rings is 1. The lowest BCUT2D eigenvalue weighted by molar-refractivity contribution is 0.342. The Morgan fingerprint density at radius 3 is 3.12 bits per heavy atom. The molecule has 4 heteroatoms. The number of anilines is 2. The van der Waals surface area contributed by atoms with Crippen molar-refractivity contribution in [1.29, 1.82) is 0 Å². The molecule has 1 aliphatic heterocycles. The smallest absolute Gasteiger partial charge is 0.144 e. The van der Waals surface area contributed by atoms with Crippen LogP contribution in [-0.2, 0) is 0 Å². The molecule has 1 aromatic carbocycles. The molecule has 3 N–H and O–H groups in total. The summed E-state index contributed by atoms with van der Waals surface area (Å²) in [5.41, 5.74) is 7.64. The van der Waals surface area contributed by atoms with Gasteiger partial charge in [-0.15, -0.1) is 0 Å². The molecule has 3 nitrogen and oxygen atoms in total. The molecule has 2 rings (SSSR count). The van der Waals surface area contributed by atoms with Gasteiger partial charge in [0.1, 0.15) is 5.75 Å². The summed E-state index contributed by atoms with van der Waals surface area (Å²) < 4.78 is 5.48. The van der Waals surface area contributed by atoms with Crippen LogP contribution in [0.4, 0.5) is 11.4 Å². The molecule has 0 amide bonds. The van der Waals surface area contributed by atoms with Crippen LogP contribution in [0.15, 0.2) is 18.2 Å². The predicted molar refractivity (Wildman–Crippen MR) is 75.9 cm³/mol. The Morgan fingerprint density at radius 2 is 2.41 bits per heavy atom. The zero-order chi connectivity index (χ0) is 12.1. The monoisotopic (exact) mass is 252 g/mol. The molecule has 0 saturated carbocycles. The number of ether oxygens (including phenoxy) is 1. The van der Waals surface area contributed by atoms with Gasteiger partial charge in [-0.2, -0.15) is 11.8 Å². The van der Waals surface area contributed by atoms with Crippen LogP contribution >= 0.6 is 11.8 Å². The van der Waals surface area contributed by atoms with Crippen LogP contribution in [0, 0.1) is 5.92 Å². The topological polar surface area (TPSA) is 47.3 Å². The number of hydrogen-bond acceptors (Lipinski definition) is 4. The van der Waals surface area contributed by atoms with Crippen molar-refractivity contribution in [2.24, 2.45) is 5.92 Å². The van der Waals surface area contributed by atoms with Gasteiger partial charge in [-0.25, -0.2) is 0 Å². The summed E-state index contributed by atoms with van der Waals surface area (Å²) in [5.74, 6) is 4.16. The van der Waals surface area contributed by atoms with Gasteiger partial charge in [0.2, 0.25) is 0 Å². The third-order valence-corrected chi connectivity index (χ3v) is 4.16. The average molecular weight is 252 g/mol. The van der Waals surface area contributed by atoms with E-state index in [1.165, 1.54) is 17.9 Å². The Kier molecular flexibility index (Phi) is 4.42. The van der Waals surface area contributed by atoms with Crippen LogP contribution in [0.2, 0.25) is 0 Å². The van der Waals surface area contributed by atoms with Crippen molar-refractivity contribution in [3.63, 3.8) is 0 Å². The third kappa shape index (κ3) is 3.46. The van der Waals surface area contributed by atoms with E-state index >= 15 is 0 Å². The molecule has 1 fully saturated rings. The fourth-order valence-electron chi connectivity index (χ4n) is 1.93. The Hall–Kier alpha value is -1.03. The van der Waals surface area contributed by atoms with Crippen LogP contribution in [-0.4, -0.2) is 24.7 Å². The van der Waals surface area contributed by atoms with Gasteiger partial charge in [-0.3, -0.25) is 0 Å². The van der Waals surface area contributed by atoms with Crippen molar-refractivity contribution < 1.29 is 4.74 Å². The van der Waals surface area contributed by atoms with E-state index in [0.717, 1.165) is 23.9 Å². The molecule has 1 saturated heterocycles. The highest BCUT2D eigenvalue weighted by molar-refractivity contribution is 7.99. The first-order valence-corrected chi connectivity index (χ1v) is 7.29. The highest BCUT2D eigenvalue weighted by atomic mass is 32.2. The molecule has 94 valence electrons. The van der Waals surface area contributed by atoms with Crippen LogP contribution in [0.5, 0.6) is 5.75 Å². The lowest BCUT2D eigenvalue weighted by atomic mass is 10.1. The van der Waals surface area contributed by atoms with Crippen LogP contribution < -0.4 is 15.8 Å². The second kappa shape index (κ2) is 6.05. The summed E-state index contributed by atoms with van der Waals surface area (Å²) in [7, 11) is 0. The van der Waals surface area contributed by atoms with E-state index in [9.17, 15) is 0 Å². The van der Waals surface area contributed by atoms with E-state index in [0.29, 0.717) is 12.3 Å². The van der Waals surface area contributed by atoms with Gasteiger partial charge in [-0.1, -0.05) is 0 Å². The fourth-order valence-corrected chi connectivity index (χ4v) is 3.22. The quantitative estimate of drug-likeness (QED) is 0.791. The molecule has 1 atom stereocenters. The van der Waals surface area contributed by atoms with Gasteiger partial charge in [0.25, 0.3) is 0 Å². The summed E-state index contributed by atoms with van der Waals surface area (Å²) in [6.45, 7) is 3.66. The fraction of sp³-hybridized carbons (Fsp3) is 0.538. The maximum atomic E-state index is 5.84. The Balaban J connectivity index is 1.93. The first kappa shape index (κ1) is 12.4. The molecule has 1 aromatic rings. The molecular weight excluding hydrogens is 232 g/mol. The van der Waals surface area contributed by atoms with Crippen LogP contribution in [0.1, 0.15) is 13.3 Å². The van der Waals surface area contributed by atoms with Crippen molar-refractivity contribution in [3.05, 3.63) is 18.2 Å². The highest BCUT2D eigenvalue weighted by Gasteiger charge is 2.14. The second-order valence-electron chi connectivity index (χ2n) is 4.30. The van der Waals surface area contributed by atoms with E-state index in [-0.39, 0.29) is 0 Å². The van der Waals surface area contributed by atoms with Gasteiger partial charge in [0, 0.05) is 18.3 Å². The summed E-state index contributed by atoms with van der Waals surface area (Å²) in [6.07, 6.45) is 1.32. The summed E-state index contributed by atoms with van der Waals surface area (Å²) in [5, 5.41) is 3.46. The van der Waals surface area contributed by atoms with Gasteiger partial charge in [0.15, 0.2) is 0 Å². The molecule has 1 aliphatic rings. The maximum Gasteiger partial charge on any atom is 0.144 e. The predicted octanol–water partition coefficient (Wildman–Crippen LogP) is 2.83. The number of nitrogens with one attached hydrogen (secondary N) is 1. The van der Waals surface area contributed by atoms with E-state index in [4.69, 9.17) is 10.5 Å². The lowest BCUT2D eigenvalue weighted by Gasteiger charge is -2.13. The minimum absolute atomic E-state index is 0.646. The molecule has 1 heterocycles. The average Bonchev–Trinajstić information content (AvgIpc) is 2.83. The van der Waals surface area contributed by atoms with Gasteiger partial charge < -0.3 is 15.8 Å². The number of thioether (sulfide) groups is 1. The second-order valence-corrected chi connectivity index (χ2v) is 5.45. The number of hydrogen-bond donors (Lipinski definition) is 2. The number of nitrogens with two attached hydrogens (primary N) is 1. The van der Waals surface area contributed by atoms with Gasteiger partial charge in [0.05, 0.1) is 12.3 Å². The van der Waals surface area contributed by atoms with Crippen molar-refractivity contribution in [1.82, 2.24) is 0 Å². The van der Waals surface area contributed by atoms with Crippen LogP contribution in [0.25, 0.3) is 0 Å². The third-order valence-electron chi connectivity index (χ3n) is 2.93. The minimum Gasteiger partial charge on any atom is -0.492 e. The zero-order valence-electron chi connectivity index (χ0n) is 10.2. The van der Waals surface area contributed by atoms with Gasteiger partial charge >= 0.3 is 0 Å². The van der Waals surface area contributed by atoms with E-state index < -0.39 is 0 Å². The zero-order valence-corrected chi connectivity index (χ0v) is 11.1. The molecule has 0 radical (unpaired) electrons. The summed E-state index contributed by atoms with van der Waals surface area (Å²) >= 11 is 2.05. The molecule has 0 bridgehead atoms. The number of rotatable bonds is 5. The first-order valence-electron chi connectivity index (χ1n) is 6.13. The minimum atomic E-state index is 0.646. The maximum absolute atomic E-state index is 5.84. The molecular formula is C13H20N2OS. The largest absolute Gasteiger partial charge is 0.492 e. The first-order chi connectivity index (χ1) is 8.29. The standard InChI is InChI=1S/C13H20N2OS/c1-2-16-13-7-11(3-4-12(13)14)15-8-10-5-6-17-9-10/h3-4,7,10,15H,2,5-6,8-9,14H2,1H3. The Bertz CT molecular complexity index is 364. The lowest BCUT2D eigenvalue weighted by Crippen LogP contribution is -2.13. The molecule has 0 spiro atoms. The summed E-state index contributed by atoms with van der Waals surface area (Å²) in [6, 6.07) is 5.90. The molecule has 0 aromatic heterocycles. The van der Waals surface area contributed by atoms with E-state index in [2.05, 4.69) is 5.32 Å². The SMILES string of the molecule is CCOc1cc(NCC2CCSC2)ccc1N. The van der Waals surface area contributed by atoms with E-state index in [1.54, 1.807) is 0 Å². The van der Waals surface area contributed by atoms with E-state index in [1.807, 2.05) is 36.9 Å².